The Kier molecular flexibility index (Phi) is 2.49. The summed E-state index contributed by atoms with van der Waals surface area (Å²) in [5, 5.41) is 13.3. The molecule has 0 radical (unpaired) electrons. The zero-order valence-corrected chi connectivity index (χ0v) is 11.3. The number of anilines is 1. The highest BCUT2D eigenvalue weighted by Gasteiger charge is 2.16. The fraction of sp³-hybridized carbons (Fsp3) is 0. The Labute approximate surface area is 120 Å². The smallest absolute Gasteiger partial charge is 0.346 e. The van der Waals surface area contributed by atoms with Crippen LogP contribution in [-0.2, 0) is 0 Å². The minimum Gasteiger partial charge on any atom is -0.422 e. The molecule has 0 spiro atoms. The summed E-state index contributed by atoms with van der Waals surface area (Å²) in [6, 6.07) is 9.06. The van der Waals surface area contributed by atoms with Crippen LogP contribution in [0, 0.1) is 0 Å². The van der Waals surface area contributed by atoms with Gasteiger partial charge in [-0.25, -0.2) is 10.6 Å². The highest BCUT2D eigenvalue weighted by atomic mass is 32.1. The number of nitrogens with zero attached hydrogens (tertiary/aromatic N) is 4. The molecular formula is C12H8N6O2S. The van der Waals surface area contributed by atoms with Gasteiger partial charge in [-0.05, 0) is 12.1 Å². The number of rotatable bonds is 2. The number of nitrogens with two attached hydrogens (primary N) is 1. The van der Waals surface area contributed by atoms with E-state index in [4.69, 9.17) is 10.3 Å². The van der Waals surface area contributed by atoms with Crippen molar-refractivity contribution in [2.75, 3.05) is 5.43 Å². The van der Waals surface area contributed by atoms with Crippen molar-refractivity contribution < 1.29 is 4.42 Å². The molecule has 0 saturated heterocycles. The van der Waals surface area contributed by atoms with E-state index in [2.05, 4.69) is 20.7 Å². The molecule has 0 bridgehead atoms. The van der Waals surface area contributed by atoms with Crippen LogP contribution in [0.25, 0.3) is 26.5 Å². The molecule has 3 N–H and O–H groups in total. The lowest BCUT2D eigenvalue weighted by atomic mass is 10.2. The van der Waals surface area contributed by atoms with Crippen molar-refractivity contribution in [1.82, 2.24) is 19.8 Å². The first-order valence-electron chi connectivity index (χ1n) is 5.98. The van der Waals surface area contributed by atoms with Crippen LogP contribution in [0.3, 0.4) is 0 Å². The number of para-hydroxylation sites is 1. The third-order valence-corrected chi connectivity index (χ3v) is 3.92. The standard InChI is InChI=1S/C12H8N6O2S/c13-14-11-15-16-12-18(11)17-9(21-12)7-5-6-3-1-2-4-8(6)20-10(7)19/h1-5H,13H2,(H,14,15). The average molecular weight is 300 g/mol. The summed E-state index contributed by atoms with van der Waals surface area (Å²) in [5.74, 6) is 5.63. The van der Waals surface area contributed by atoms with Gasteiger partial charge in [0.1, 0.15) is 5.58 Å². The largest absolute Gasteiger partial charge is 0.422 e. The Morgan fingerprint density at radius 3 is 3.00 bits per heavy atom. The molecule has 0 aliphatic carbocycles. The molecule has 8 nitrogen and oxygen atoms in total. The second-order valence-corrected chi connectivity index (χ2v) is 5.21. The molecule has 4 rings (SSSR count). The summed E-state index contributed by atoms with van der Waals surface area (Å²) in [6.07, 6.45) is 0. The van der Waals surface area contributed by atoms with Gasteiger partial charge in [-0.15, -0.1) is 10.2 Å². The third kappa shape index (κ3) is 1.79. The molecular weight excluding hydrogens is 292 g/mol. The summed E-state index contributed by atoms with van der Waals surface area (Å²) in [5.41, 5.74) is 2.87. The molecule has 9 heteroatoms. The van der Waals surface area contributed by atoms with Gasteiger partial charge in [0, 0.05) is 5.39 Å². The first kappa shape index (κ1) is 12.0. The molecule has 3 heterocycles. The Hall–Kier alpha value is -2.78. The molecule has 104 valence electrons. The molecule has 0 aliphatic rings. The second kappa shape index (κ2) is 4.36. The maximum Gasteiger partial charge on any atom is 0.346 e. The zero-order valence-electron chi connectivity index (χ0n) is 10.5. The van der Waals surface area contributed by atoms with E-state index in [1.807, 2.05) is 18.2 Å². The van der Waals surface area contributed by atoms with E-state index in [1.54, 1.807) is 12.1 Å². The van der Waals surface area contributed by atoms with Crippen LogP contribution in [0.4, 0.5) is 5.95 Å². The number of benzene rings is 1. The highest BCUT2D eigenvalue weighted by molar-refractivity contribution is 7.19. The molecule has 0 saturated carbocycles. The van der Waals surface area contributed by atoms with E-state index >= 15 is 0 Å². The normalized spacial score (nSPS) is 11.3. The summed E-state index contributed by atoms with van der Waals surface area (Å²) in [7, 11) is 0. The minimum absolute atomic E-state index is 0.303. The second-order valence-electron chi connectivity index (χ2n) is 4.25. The Morgan fingerprint density at radius 2 is 2.14 bits per heavy atom. The Morgan fingerprint density at radius 1 is 1.29 bits per heavy atom. The van der Waals surface area contributed by atoms with Crippen molar-refractivity contribution in [1.29, 1.82) is 0 Å². The summed E-state index contributed by atoms with van der Waals surface area (Å²) in [6.45, 7) is 0. The van der Waals surface area contributed by atoms with Crippen LogP contribution in [0.2, 0.25) is 0 Å². The first-order chi connectivity index (χ1) is 10.3. The van der Waals surface area contributed by atoms with E-state index in [1.165, 1.54) is 15.9 Å². The molecule has 0 atom stereocenters. The number of nitrogen functional groups attached to an aromatic ring is 1. The van der Waals surface area contributed by atoms with Gasteiger partial charge in [0.25, 0.3) is 5.95 Å². The van der Waals surface area contributed by atoms with Crippen molar-refractivity contribution in [3.8, 4) is 10.6 Å². The van der Waals surface area contributed by atoms with Crippen molar-refractivity contribution in [3.63, 3.8) is 0 Å². The van der Waals surface area contributed by atoms with Gasteiger partial charge in [-0.1, -0.05) is 29.5 Å². The number of aromatic nitrogens is 4. The number of nitrogens with one attached hydrogen (secondary N) is 1. The quantitative estimate of drug-likeness (QED) is 0.325. The molecule has 3 aromatic heterocycles. The van der Waals surface area contributed by atoms with Crippen molar-refractivity contribution in [2.45, 2.75) is 0 Å². The lowest BCUT2D eigenvalue weighted by Crippen LogP contribution is -2.11. The van der Waals surface area contributed by atoms with Crippen LogP contribution >= 0.6 is 11.3 Å². The molecule has 21 heavy (non-hydrogen) atoms. The molecule has 1 aromatic carbocycles. The Balaban J connectivity index is 1.96. The first-order valence-corrected chi connectivity index (χ1v) is 6.80. The number of hydrogen-bond donors (Lipinski definition) is 2. The number of hydrogen-bond acceptors (Lipinski definition) is 8. The molecule has 4 aromatic rings. The maximum absolute atomic E-state index is 12.1. The van der Waals surface area contributed by atoms with Gasteiger partial charge in [0.15, 0.2) is 5.01 Å². The van der Waals surface area contributed by atoms with Gasteiger partial charge in [0.2, 0.25) is 4.96 Å². The van der Waals surface area contributed by atoms with Crippen LogP contribution in [0.15, 0.2) is 39.5 Å². The van der Waals surface area contributed by atoms with Gasteiger partial charge >= 0.3 is 5.63 Å². The van der Waals surface area contributed by atoms with Gasteiger partial charge in [-0.3, -0.25) is 5.43 Å². The predicted molar refractivity (Wildman–Crippen MR) is 77.9 cm³/mol. The fourth-order valence-corrected chi connectivity index (χ4v) is 2.87. The van der Waals surface area contributed by atoms with Gasteiger partial charge in [0.05, 0.1) is 5.56 Å². The van der Waals surface area contributed by atoms with Crippen molar-refractivity contribution >= 4 is 33.2 Å². The SMILES string of the molecule is NNc1nnc2sc(-c3cc4ccccc4oc3=O)nn12. The number of hydrazine groups is 1. The predicted octanol–water partition coefficient (Wildman–Crippen LogP) is 1.24. The van der Waals surface area contributed by atoms with E-state index in [0.29, 0.717) is 27.1 Å². The van der Waals surface area contributed by atoms with E-state index in [-0.39, 0.29) is 0 Å². The molecule has 0 aliphatic heterocycles. The van der Waals surface area contributed by atoms with Crippen LogP contribution in [-0.4, -0.2) is 19.8 Å². The van der Waals surface area contributed by atoms with Crippen molar-refractivity contribution in [3.05, 3.63) is 40.8 Å². The zero-order chi connectivity index (χ0) is 14.4. The molecule has 0 amide bonds. The van der Waals surface area contributed by atoms with Crippen molar-refractivity contribution in [2.24, 2.45) is 5.84 Å². The maximum atomic E-state index is 12.1. The summed E-state index contributed by atoms with van der Waals surface area (Å²) >= 11 is 1.23. The van der Waals surface area contributed by atoms with E-state index in [0.717, 1.165) is 5.39 Å². The van der Waals surface area contributed by atoms with E-state index < -0.39 is 5.63 Å². The van der Waals surface area contributed by atoms with Crippen LogP contribution in [0.1, 0.15) is 0 Å². The van der Waals surface area contributed by atoms with E-state index in [9.17, 15) is 4.79 Å². The van der Waals surface area contributed by atoms with Gasteiger partial charge < -0.3 is 4.42 Å². The monoisotopic (exact) mass is 300 g/mol. The molecule has 0 fully saturated rings. The summed E-state index contributed by atoms with van der Waals surface area (Å²) < 4.78 is 6.74. The number of fused-ring (bicyclic) bond motifs is 2. The van der Waals surface area contributed by atoms with Crippen LogP contribution in [0.5, 0.6) is 0 Å². The highest BCUT2D eigenvalue weighted by Crippen LogP contribution is 2.26. The average Bonchev–Trinajstić information content (AvgIpc) is 3.06. The Bertz CT molecular complexity index is 1020. The van der Waals surface area contributed by atoms with Gasteiger partial charge in [-0.2, -0.15) is 9.61 Å². The minimum atomic E-state index is -0.444. The fourth-order valence-electron chi connectivity index (χ4n) is 2.03. The summed E-state index contributed by atoms with van der Waals surface area (Å²) in [4.78, 5) is 12.6. The van der Waals surface area contributed by atoms with Crippen LogP contribution < -0.4 is 16.9 Å². The lowest BCUT2D eigenvalue weighted by molar-refractivity contribution is 0.563. The molecule has 0 unspecified atom stereocenters. The third-order valence-electron chi connectivity index (χ3n) is 2.99. The topological polar surface area (TPSA) is 111 Å². The lowest BCUT2D eigenvalue weighted by Gasteiger charge is -1.98.